The van der Waals surface area contributed by atoms with Crippen LogP contribution in [0.1, 0.15) is 61.8 Å². The third-order valence-electron chi connectivity index (χ3n) is 3.67. The first kappa shape index (κ1) is 16.6. The quantitative estimate of drug-likeness (QED) is 0.747. The molecule has 17 heavy (non-hydrogen) atoms. The van der Waals surface area contributed by atoms with E-state index in [2.05, 4.69) is 46.6 Å². The van der Waals surface area contributed by atoms with Crippen molar-refractivity contribution < 1.29 is 4.79 Å². The van der Waals surface area contributed by atoms with Crippen molar-refractivity contribution in [3.8, 4) is 0 Å². The van der Waals surface area contributed by atoms with E-state index in [-0.39, 0.29) is 17.0 Å². The van der Waals surface area contributed by atoms with Crippen LogP contribution in [-0.2, 0) is 4.79 Å². The third kappa shape index (κ3) is 4.42. The van der Waals surface area contributed by atoms with Gasteiger partial charge in [-0.2, -0.15) is 0 Å². The largest absolute Gasteiger partial charge is 0.297 e. The van der Waals surface area contributed by atoms with Crippen LogP contribution in [0, 0.1) is 11.3 Å². The van der Waals surface area contributed by atoms with Gasteiger partial charge in [0.25, 0.3) is 0 Å². The molecule has 2 heteroatoms. The first-order chi connectivity index (χ1) is 7.42. The predicted octanol–water partition coefficient (Wildman–Crippen LogP) is 3.75. The number of nitrogens with zero attached hydrogens (tertiary/aromatic N) is 1. The van der Waals surface area contributed by atoms with Crippen molar-refractivity contribution in [1.29, 1.82) is 0 Å². The van der Waals surface area contributed by atoms with Gasteiger partial charge in [0.15, 0.2) is 5.78 Å². The second kappa shape index (κ2) is 5.51. The van der Waals surface area contributed by atoms with E-state index in [0.29, 0.717) is 11.7 Å². The normalized spacial score (nSPS) is 17.1. The zero-order chi connectivity index (χ0) is 14.0. The number of carbonyl (C=O) groups excluding carboxylic acids is 1. The number of ketones is 1. The summed E-state index contributed by atoms with van der Waals surface area (Å²) >= 11 is 0. The lowest BCUT2D eigenvalue weighted by molar-refractivity contribution is -0.135. The maximum absolute atomic E-state index is 12.6. The van der Waals surface area contributed by atoms with Gasteiger partial charge in [0, 0.05) is 11.0 Å². The van der Waals surface area contributed by atoms with Crippen LogP contribution in [0.25, 0.3) is 0 Å². The van der Waals surface area contributed by atoms with Crippen LogP contribution in [0.15, 0.2) is 0 Å². The molecular weight excluding hydrogens is 210 g/mol. The molecule has 0 fully saturated rings. The molecule has 0 aromatic carbocycles. The lowest BCUT2D eigenvalue weighted by atomic mass is 9.79. The molecule has 0 aromatic rings. The Hall–Kier alpha value is -0.370. The zero-order valence-electron chi connectivity index (χ0n) is 13.2. The van der Waals surface area contributed by atoms with E-state index in [1.165, 1.54) is 0 Å². The highest BCUT2D eigenvalue weighted by molar-refractivity contribution is 5.89. The number of carbonyl (C=O) groups is 1. The summed E-state index contributed by atoms with van der Waals surface area (Å²) in [6.45, 7) is 16.9. The van der Waals surface area contributed by atoms with Crippen LogP contribution in [-0.4, -0.2) is 29.3 Å². The van der Waals surface area contributed by atoms with E-state index in [1.54, 1.807) is 0 Å². The molecule has 0 amide bonds. The van der Waals surface area contributed by atoms with Crippen LogP contribution >= 0.6 is 0 Å². The van der Waals surface area contributed by atoms with Crippen molar-refractivity contribution >= 4 is 5.78 Å². The minimum absolute atomic E-state index is 0.0139. The molecule has 2 atom stereocenters. The molecule has 1 unspecified atom stereocenters. The maximum Gasteiger partial charge on any atom is 0.155 e. The lowest BCUT2D eigenvalue weighted by Crippen LogP contribution is -2.54. The molecule has 0 spiro atoms. The van der Waals surface area contributed by atoms with Crippen molar-refractivity contribution in [2.45, 2.75) is 73.4 Å². The number of hydrogen-bond donors (Lipinski definition) is 0. The predicted molar refractivity (Wildman–Crippen MR) is 75.2 cm³/mol. The Balaban J connectivity index is 5.24. The molecule has 0 radical (unpaired) electrons. The van der Waals surface area contributed by atoms with Crippen LogP contribution in [0.3, 0.4) is 0 Å². The highest BCUT2D eigenvalue weighted by atomic mass is 16.1. The molecular formula is C15H31NO. The fourth-order valence-corrected chi connectivity index (χ4v) is 1.90. The van der Waals surface area contributed by atoms with Crippen molar-refractivity contribution in [3.63, 3.8) is 0 Å². The topological polar surface area (TPSA) is 20.3 Å². The standard InChI is InChI=1S/C15H31NO/c1-10-11(2)12(13(17)14(3,4)5)16(9)15(6,7)8/h11-12H,10H2,1-9H3/t11?,12-/m0/s1. The molecule has 0 rings (SSSR count). The molecule has 0 aromatic heterocycles. The van der Waals surface area contributed by atoms with Crippen molar-refractivity contribution in [2.24, 2.45) is 11.3 Å². The summed E-state index contributed by atoms with van der Waals surface area (Å²) in [7, 11) is 2.07. The Morgan fingerprint density at radius 1 is 1.12 bits per heavy atom. The summed E-state index contributed by atoms with van der Waals surface area (Å²) in [4.78, 5) is 14.8. The maximum atomic E-state index is 12.6. The van der Waals surface area contributed by atoms with E-state index in [4.69, 9.17) is 0 Å². The fraction of sp³-hybridized carbons (Fsp3) is 0.933. The minimum Gasteiger partial charge on any atom is -0.297 e. The van der Waals surface area contributed by atoms with Gasteiger partial charge in [-0.3, -0.25) is 9.69 Å². The van der Waals surface area contributed by atoms with Crippen molar-refractivity contribution in [1.82, 2.24) is 4.90 Å². The summed E-state index contributed by atoms with van der Waals surface area (Å²) in [5.41, 5.74) is -0.247. The van der Waals surface area contributed by atoms with Gasteiger partial charge in [-0.15, -0.1) is 0 Å². The van der Waals surface area contributed by atoms with Crippen LogP contribution in [0.2, 0.25) is 0 Å². The van der Waals surface area contributed by atoms with Gasteiger partial charge in [0.1, 0.15) is 0 Å². The number of Topliss-reactive ketones (excluding diaryl/α,β-unsaturated/α-hetero) is 1. The smallest absolute Gasteiger partial charge is 0.155 e. The Kier molecular flexibility index (Phi) is 5.39. The monoisotopic (exact) mass is 241 g/mol. The van der Waals surface area contributed by atoms with Crippen LogP contribution in [0.4, 0.5) is 0 Å². The molecule has 0 saturated carbocycles. The highest BCUT2D eigenvalue weighted by Gasteiger charge is 2.38. The van der Waals surface area contributed by atoms with Gasteiger partial charge in [0.2, 0.25) is 0 Å². The van der Waals surface area contributed by atoms with Crippen LogP contribution in [0.5, 0.6) is 0 Å². The lowest BCUT2D eigenvalue weighted by Gasteiger charge is -2.42. The summed E-state index contributed by atoms with van der Waals surface area (Å²) < 4.78 is 0. The number of rotatable bonds is 4. The SMILES string of the molecule is CCC(C)[C@@H](C(=O)C(C)(C)C)N(C)C(C)(C)C. The third-order valence-corrected chi connectivity index (χ3v) is 3.67. The Morgan fingerprint density at radius 2 is 1.53 bits per heavy atom. The molecule has 0 saturated heterocycles. The molecule has 2 nitrogen and oxygen atoms in total. The van der Waals surface area contributed by atoms with Gasteiger partial charge in [-0.25, -0.2) is 0 Å². The van der Waals surface area contributed by atoms with E-state index in [0.717, 1.165) is 6.42 Å². The molecule has 0 N–H and O–H groups in total. The summed E-state index contributed by atoms with van der Waals surface area (Å²) in [6.07, 6.45) is 1.03. The molecule has 102 valence electrons. The zero-order valence-corrected chi connectivity index (χ0v) is 13.2. The number of hydrogen-bond acceptors (Lipinski definition) is 2. The van der Waals surface area contributed by atoms with E-state index >= 15 is 0 Å². The Morgan fingerprint density at radius 3 is 1.76 bits per heavy atom. The fourth-order valence-electron chi connectivity index (χ4n) is 1.90. The second-order valence-corrected chi connectivity index (χ2v) is 7.23. The van der Waals surface area contributed by atoms with Gasteiger partial charge in [0.05, 0.1) is 6.04 Å². The van der Waals surface area contributed by atoms with Gasteiger partial charge >= 0.3 is 0 Å². The molecule has 0 bridgehead atoms. The van der Waals surface area contributed by atoms with Gasteiger partial charge in [-0.1, -0.05) is 41.0 Å². The molecule has 0 aliphatic carbocycles. The van der Waals surface area contributed by atoms with E-state index in [1.807, 2.05) is 20.8 Å². The first-order valence-electron chi connectivity index (χ1n) is 6.70. The van der Waals surface area contributed by atoms with E-state index in [9.17, 15) is 4.79 Å². The van der Waals surface area contributed by atoms with Crippen LogP contribution < -0.4 is 0 Å². The Bertz CT molecular complexity index is 257. The average molecular weight is 241 g/mol. The van der Waals surface area contributed by atoms with Crippen molar-refractivity contribution in [3.05, 3.63) is 0 Å². The highest BCUT2D eigenvalue weighted by Crippen LogP contribution is 2.28. The molecule has 0 aliphatic heterocycles. The van der Waals surface area contributed by atoms with Gasteiger partial charge in [-0.05, 0) is 33.7 Å². The molecule has 0 aliphatic rings. The Labute approximate surface area is 108 Å². The first-order valence-corrected chi connectivity index (χ1v) is 6.70. The summed E-state index contributed by atoms with van der Waals surface area (Å²) in [5, 5.41) is 0. The summed E-state index contributed by atoms with van der Waals surface area (Å²) in [5.74, 6) is 0.746. The minimum atomic E-state index is -0.270. The second-order valence-electron chi connectivity index (χ2n) is 7.23. The number of likely N-dealkylation sites (N-methyl/N-ethyl adjacent to an activating group) is 1. The van der Waals surface area contributed by atoms with Crippen molar-refractivity contribution in [2.75, 3.05) is 7.05 Å². The van der Waals surface area contributed by atoms with E-state index < -0.39 is 0 Å². The molecule has 0 heterocycles. The van der Waals surface area contributed by atoms with Gasteiger partial charge < -0.3 is 0 Å². The average Bonchev–Trinajstić information content (AvgIpc) is 2.14. The summed E-state index contributed by atoms with van der Waals surface area (Å²) in [6, 6.07) is 0.0139.